The highest BCUT2D eigenvalue weighted by atomic mass is 16.2. The van der Waals surface area contributed by atoms with Gasteiger partial charge in [-0.2, -0.15) is 0 Å². The lowest BCUT2D eigenvalue weighted by Crippen LogP contribution is -2.56. The smallest absolute Gasteiger partial charge is 0.227 e. The fraction of sp³-hybridized carbons (Fsp3) is 0.733. The molecule has 0 saturated heterocycles. The first-order valence-corrected chi connectivity index (χ1v) is 7.34. The number of nitrogens with zero attached hydrogens (tertiary/aromatic N) is 2. The van der Waals surface area contributed by atoms with Gasteiger partial charge in [0.2, 0.25) is 5.91 Å². The van der Waals surface area contributed by atoms with Gasteiger partial charge in [0, 0.05) is 25.5 Å². The summed E-state index contributed by atoms with van der Waals surface area (Å²) >= 11 is 0. The number of imidazole rings is 1. The first-order chi connectivity index (χ1) is 9.37. The van der Waals surface area contributed by atoms with Gasteiger partial charge in [-0.3, -0.25) is 4.79 Å². The van der Waals surface area contributed by atoms with E-state index >= 15 is 0 Å². The normalized spacial score (nSPS) is 19.2. The summed E-state index contributed by atoms with van der Waals surface area (Å²) in [5.74, 6) is 0.117. The van der Waals surface area contributed by atoms with Crippen molar-refractivity contribution >= 4 is 5.91 Å². The summed E-state index contributed by atoms with van der Waals surface area (Å²) < 4.78 is 2.01. The van der Waals surface area contributed by atoms with E-state index < -0.39 is 0 Å². The van der Waals surface area contributed by atoms with Gasteiger partial charge in [0.1, 0.15) is 0 Å². The Bertz CT molecular complexity index is 437. The maximum atomic E-state index is 12.5. The van der Waals surface area contributed by atoms with Crippen LogP contribution in [0.25, 0.3) is 0 Å². The van der Waals surface area contributed by atoms with Crippen LogP contribution in [0, 0.1) is 10.8 Å². The SMILES string of the molecule is CC(C)(C)C(Cn1ccnc1)NC(=O)C1(CN)CCC1. The Labute approximate surface area is 120 Å². The molecule has 1 unspecified atom stereocenters. The summed E-state index contributed by atoms with van der Waals surface area (Å²) in [7, 11) is 0. The van der Waals surface area contributed by atoms with E-state index in [-0.39, 0.29) is 22.8 Å². The van der Waals surface area contributed by atoms with Crippen molar-refractivity contribution in [3.05, 3.63) is 18.7 Å². The zero-order chi connectivity index (χ0) is 14.8. The molecule has 1 aliphatic rings. The van der Waals surface area contributed by atoms with Crippen molar-refractivity contribution in [1.82, 2.24) is 14.9 Å². The third-order valence-corrected chi connectivity index (χ3v) is 4.49. The number of hydrogen-bond donors (Lipinski definition) is 2. The molecule has 20 heavy (non-hydrogen) atoms. The molecule has 112 valence electrons. The lowest BCUT2D eigenvalue weighted by atomic mass is 9.68. The minimum atomic E-state index is -0.321. The minimum absolute atomic E-state index is 0.0144. The number of amides is 1. The zero-order valence-corrected chi connectivity index (χ0v) is 12.7. The molecule has 1 saturated carbocycles. The number of aromatic nitrogens is 2. The maximum Gasteiger partial charge on any atom is 0.227 e. The predicted molar refractivity (Wildman–Crippen MR) is 79.0 cm³/mol. The van der Waals surface area contributed by atoms with E-state index in [1.807, 2.05) is 10.8 Å². The summed E-state index contributed by atoms with van der Waals surface area (Å²) in [6.45, 7) is 7.61. The van der Waals surface area contributed by atoms with Crippen molar-refractivity contribution < 1.29 is 4.79 Å². The number of carbonyl (C=O) groups is 1. The van der Waals surface area contributed by atoms with E-state index in [2.05, 4.69) is 31.1 Å². The number of nitrogens with two attached hydrogens (primary N) is 1. The summed E-state index contributed by atoms with van der Waals surface area (Å²) in [5, 5.41) is 3.22. The largest absolute Gasteiger partial charge is 0.351 e. The fourth-order valence-electron chi connectivity index (χ4n) is 2.58. The molecule has 1 atom stereocenters. The number of hydrogen-bond acceptors (Lipinski definition) is 3. The zero-order valence-electron chi connectivity index (χ0n) is 12.7. The van der Waals surface area contributed by atoms with Gasteiger partial charge in [0.05, 0.1) is 17.8 Å². The Balaban J connectivity index is 2.06. The highest BCUT2D eigenvalue weighted by molar-refractivity contribution is 5.84. The molecule has 0 bridgehead atoms. The third kappa shape index (κ3) is 3.03. The quantitative estimate of drug-likeness (QED) is 0.858. The molecule has 1 heterocycles. The molecule has 0 aliphatic heterocycles. The van der Waals surface area contributed by atoms with Gasteiger partial charge in [0.15, 0.2) is 0 Å². The van der Waals surface area contributed by atoms with Crippen LogP contribution in [-0.4, -0.2) is 28.0 Å². The number of nitrogens with one attached hydrogen (secondary N) is 1. The van der Waals surface area contributed by atoms with Gasteiger partial charge in [-0.1, -0.05) is 27.2 Å². The molecule has 0 aromatic carbocycles. The van der Waals surface area contributed by atoms with Crippen LogP contribution in [0.1, 0.15) is 40.0 Å². The van der Waals surface area contributed by atoms with E-state index in [1.165, 1.54) is 0 Å². The second kappa shape index (κ2) is 5.56. The summed E-state index contributed by atoms with van der Waals surface area (Å²) in [6, 6.07) is 0.0632. The molecule has 2 rings (SSSR count). The molecule has 1 aromatic rings. The molecule has 3 N–H and O–H groups in total. The van der Waals surface area contributed by atoms with Crippen molar-refractivity contribution in [2.45, 2.75) is 52.6 Å². The molecule has 1 fully saturated rings. The Morgan fingerprint density at radius 1 is 1.50 bits per heavy atom. The minimum Gasteiger partial charge on any atom is -0.351 e. The fourth-order valence-corrected chi connectivity index (χ4v) is 2.58. The molecule has 5 heteroatoms. The predicted octanol–water partition coefficient (Wildman–Crippen LogP) is 1.54. The standard InChI is InChI=1S/C15H26N4O/c1-14(2,3)12(9-19-8-7-17-11-19)18-13(20)15(10-16)5-4-6-15/h7-8,11-12H,4-6,9-10,16H2,1-3H3,(H,18,20). The molecule has 0 spiro atoms. The van der Waals surface area contributed by atoms with E-state index in [9.17, 15) is 4.79 Å². The van der Waals surface area contributed by atoms with Gasteiger partial charge >= 0.3 is 0 Å². The van der Waals surface area contributed by atoms with Crippen LogP contribution in [0.3, 0.4) is 0 Å². The third-order valence-electron chi connectivity index (χ3n) is 4.49. The molecule has 5 nitrogen and oxygen atoms in total. The molecular formula is C15H26N4O. The van der Waals surface area contributed by atoms with Crippen LogP contribution in [0.4, 0.5) is 0 Å². The van der Waals surface area contributed by atoms with Crippen molar-refractivity contribution in [3.63, 3.8) is 0 Å². The van der Waals surface area contributed by atoms with Crippen LogP contribution >= 0.6 is 0 Å². The van der Waals surface area contributed by atoms with Crippen LogP contribution in [-0.2, 0) is 11.3 Å². The summed E-state index contributed by atoms with van der Waals surface area (Å²) in [5.41, 5.74) is 5.48. The van der Waals surface area contributed by atoms with Crippen molar-refractivity contribution in [3.8, 4) is 0 Å². The molecular weight excluding hydrogens is 252 g/mol. The highest BCUT2D eigenvalue weighted by Gasteiger charge is 2.44. The van der Waals surface area contributed by atoms with E-state index in [1.54, 1.807) is 12.5 Å². The van der Waals surface area contributed by atoms with Gasteiger partial charge in [-0.25, -0.2) is 4.98 Å². The van der Waals surface area contributed by atoms with Crippen molar-refractivity contribution in [1.29, 1.82) is 0 Å². The molecule has 0 radical (unpaired) electrons. The Hall–Kier alpha value is -1.36. The molecule has 1 aromatic heterocycles. The van der Waals surface area contributed by atoms with Gasteiger partial charge in [-0.05, 0) is 18.3 Å². The second-order valence-corrected chi connectivity index (χ2v) is 6.99. The molecule has 1 amide bonds. The first kappa shape index (κ1) is 15.0. The summed E-state index contributed by atoms with van der Waals surface area (Å²) in [6.07, 6.45) is 8.40. The number of carbonyl (C=O) groups excluding carboxylic acids is 1. The van der Waals surface area contributed by atoms with Gasteiger partial charge in [0.25, 0.3) is 0 Å². The van der Waals surface area contributed by atoms with Crippen LogP contribution in [0.15, 0.2) is 18.7 Å². The first-order valence-electron chi connectivity index (χ1n) is 7.34. The topological polar surface area (TPSA) is 72.9 Å². The Kier molecular flexibility index (Phi) is 4.18. The lowest BCUT2D eigenvalue weighted by Gasteiger charge is -2.42. The van der Waals surface area contributed by atoms with Crippen LogP contribution in [0.5, 0.6) is 0 Å². The van der Waals surface area contributed by atoms with Crippen LogP contribution in [0.2, 0.25) is 0 Å². The average molecular weight is 278 g/mol. The number of rotatable bonds is 5. The monoisotopic (exact) mass is 278 g/mol. The Morgan fingerprint density at radius 2 is 2.20 bits per heavy atom. The van der Waals surface area contributed by atoms with E-state index in [0.717, 1.165) is 25.8 Å². The lowest BCUT2D eigenvalue weighted by molar-refractivity contribution is -0.136. The second-order valence-electron chi connectivity index (χ2n) is 6.99. The van der Waals surface area contributed by atoms with Crippen molar-refractivity contribution in [2.75, 3.05) is 6.54 Å². The van der Waals surface area contributed by atoms with Crippen molar-refractivity contribution in [2.24, 2.45) is 16.6 Å². The Morgan fingerprint density at radius 3 is 2.60 bits per heavy atom. The highest BCUT2D eigenvalue weighted by Crippen LogP contribution is 2.40. The average Bonchev–Trinajstić information content (AvgIpc) is 2.79. The van der Waals surface area contributed by atoms with E-state index in [4.69, 9.17) is 5.73 Å². The molecule has 1 aliphatic carbocycles. The van der Waals surface area contributed by atoms with Gasteiger partial charge < -0.3 is 15.6 Å². The maximum absolute atomic E-state index is 12.5. The van der Waals surface area contributed by atoms with Gasteiger partial charge in [-0.15, -0.1) is 0 Å². The van der Waals surface area contributed by atoms with E-state index in [0.29, 0.717) is 6.54 Å². The van der Waals surface area contributed by atoms with Crippen LogP contribution < -0.4 is 11.1 Å². The summed E-state index contributed by atoms with van der Waals surface area (Å²) in [4.78, 5) is 16.6.